The fraction of sp³-hybridized carbons (Fsp3) is 0.472. The molecule has 0 saturated carbocycles. The molecule has 1 saturated heterocycles. The van der Waals surface area contributed by atoms with Crippen LogP contribution in [0.3, 0.4) is 0 Å². The summed E-state index contributed by atoms with van der Waals surface area (Å²) in [5.74, 6) is 0.928. The van der Waals surface area contributed by atoms with Gasteiger partial charge in [-0.15, -0.1) is 0 Å². The molecule has 0 amide bonds. The van der Waals surface area contributed by atoms with Crippen LogP contribution in [0.5, 0.6) is 0 Å². The second-order valence-electron chi connectivity index (χ2n) is 14.2. The van der Waals surface area contributed by atoms with Crippen LogP contribution in [0.4, 0.5) is 0 Å². The van der Waals surface area contributed by atoms with E-state index in [1.165, 1.54) is 23.7 Å². The van der Waals surface area contributed by atoms with E-state index in [-0.39, 0.29) is 22.7 Å². The molecule has 1 aliphatic heterocycles. The molecule has 3 heterocycles. The highest BCUT2D eigenvalue weighted by Gasteiger charge is 2.36. The summed E-state index contributed by atoms with van der Waals surface area (Å²) in [7, 11) is 0. The van der Waals surface area contributed by atoms with Gasteiger partial charge in [0.15, 0.2) is 5.78 Å². The molecule has 6 nitrogen and oxygen atoms in total. The number of carbonyl (C=O) groups excluding carboxylic acids is 1. The van der Waals surface area contributed by atoms with Crippen LogP contribution < -0.4 is 5.56 Å². The molecular weight excluding hydrogens is 522 g/mol. The minimum absolute atomic E-state index is 0.0750. The van der Waals surface area contributed by atoms with E-state index in [9.17, 15) is 14.7 Å². The molecule has 0 radical (unpaired) electrons. The van der Waals surface area contributed by atoms with Crippen molar-refractivity contribution < 1.29 is 9.90 Å². The van der Waals surface area contributed by atoms with Gasteiger partial charge in [0.1, 0.15) is 0 Å². The number of aromatic nitrogens is 2. The van der Waals surface area contributed by atoms with E-state index in [2.05, 4.69) is 67.1 Å². The van der Waals surface area contributed by atoms with Gasteiger partial charge in [-0.25, -0.2) is 0 Å². The number of likely N-dealkylation sites (tertiary alicyclic amines) is 1. The number of hydrogen-bond acceptors (Lipinski definition) is 5. The van der Waals surface area contributed by atoms with Crippen LogP contribution in [0, 0.1) is 11.3 Å². The van der Waals surface area contributed by atoms with Crippen molar-refractivity contribution in [3.8, 4) is 11.1 Å². The molecule has 2 aromatic heterocycles. The molecule has 2 atom stereocenters. The maximum atomic E-state index is 13.8. The van der Waals surface area contributed by atoms with Crippen LogP contribution in [0.25, 0.3) is 17.2 Å². The minimum atomic E-state index is -0.608. The predicted octanol–water partition coefficient (Wildman–Crippen LogP) is 5.73. The number of benzene rings is 1. The third-order valence-electron chi connectivity index (χ3n) is 9.62. The molecule has 6 rings (SSSR count). The van der Waals surface area contributed by atoms with Crippen LogP contribution in [-0.2, 0) is 24.1 Å². The number of H-pyrrole nitrogens is 1. The van der Waals surface area contributed by atoms with Gasteiger partial charge in [-0.1, -0.05) is 45.0 Å². The van der Waals surface area contributed by atoms with E-state index in [4.69, 9.17) is 4.98 Å². The Bertz CT molecular complexity index is 1550. The van der Waals surface area contributed by atoms with Gasteiger partial charge in [-0.3, -0.25) is 19.5 Å². The summed E-state index contributed by atoms with van der Waals surface area (Å²) in [4.78, 5) is 35.3. The number of aliphatic hydroxyl groups is 1. The summed E-state index contributed by atoms with van der Waals surface area (Å²) in [6.45, 7) is 11.1. The van der Waals surface area contributed by atoms with Crippen molar-refractivity contribution in [2.24, 2.45) is 11.3 Å². The van der Waals surface area contributed by atoms with E-state index in [0.29, 0.717) is 31.8 Å². The smallest absolute Gasteiger partial charge is 0.247 e. The summed E-state index contributed by atoms with van der Waals surface area (Å²) >= 11 is 0. The molecule has 0 bridgehead atoms. The van der Waals surface area contributed by atoms with Gasteiger partial charge in [0.05, 0.1) is 11.3 Å². The number of hydrogen-bond donors (Lipinski definition) is 2. The largest absolute Gasteiger partial charge is 0.388 e. The zero-order valence-electron chi connectivity index (χ0n) is 25.4. The van der Waals surface area contributed by atoms with Crippen LogP contribution in [0.2, 0.25) is 0 Å². The van der Waals surface area contributed by atoms with Crippen molar-refractivity contribution in [2.45, 2.75) is 77.7 Å². The van der Waals surface area contributed by atoms with E-state index < -0.39 is 5.60 Å². The topological polar surface area (TPSA) is 86.3 Å². The van der Waals surface area contributed by atoms with Crippen molar-refractivity contribution in [2.75, 3.05) is 19.6 Å². The number of β-amino-alcohol motifs (C(OH)–C–C–N with tert-alkyl or cyclic N) is 1. The molecule has 6 heteroatoms. The third kappa shape index (κ3) is 6.20. The maximum absolute atomic E-state index is 13.8. The predicted molar refractivity (Wildman–Crippen MR) is 167 cm³/mol. The first-order chi connectivity index (χ1) is 19.9. The number of rotatable bonds is 8. The number of Topliss-reactive ketones (excluding diaryl/α,β-unsaturated/α-hetero) is 1. The van der Waals surface area contributed by atoms with Gasteiger partial charge in [-0.05, 0) is 102 Å². The van der Waals surface area contributed by atoms with Crippen LogP contribution >= 0.6 is 0 Å². The lowest BCUT2D eigenvalue weighted by Gasteiger charge is -2.44. The second-order valence-corrected chi connectivity index (χ2v) is 14.2. The monoisotopic (exact) mass is 565 g/mol. The van der Waals surface area contributed by atoms with Crippen LogP contribution in [-0.4, -0.2) is 51.0 Å². The standard InChI is InChI=1S/C36H43N3O3/c1-35(2,3)30-10-11-31-28(17-30)15-27-16-29(18-32(27)38-31)33(40)19-25(13-14-39-21-36(4,42)22-39)23-5-7-24(8-6-23)26-9-12-34(41)37-20-26/h5-9,12,15-16,20,25,30,42H,10-11,13-14,17-19,21-22H2,1-4H3,(H,37,41)/t25-,30-/m0/s1. The van der Waals surface area contributed by atoms with Gasteiger partial charge in [-0.2, -0.15) is 0 Å². The number of fused-ring (bicyclic) bond motifs is 2. The van der Waals surface area contributed by atoms with E-state index >= 15 is 0 Å². The lowest BCUT2D eigenvalue weighted by molar-refractivity contribution is -0.116. The first kappa shape index (κ1) is 28.8. The van der Waals surface area contributed by atoms with E-state index in [0.717, 1.165) is 59.3 Å². The fourth-order valence-corrected chi connectivity index (χ4v) is 7.02. The molecule has 1 aromatic carbocycles. The Hall–Kier alpha value is -3.35. The summed E-state index contributed by atoms with van der Waals surface area (Å²) in [6.07, 6.45) is 9.01. The van der Waals surface area contributed by atoms with Gasteiger partial charge in [0.25, 0.3) is 0 Å². The Labute approximate surface area is 248 Å². The van der Waals surface area contributed by atoms with Crippen LogP contribution in [0.15, 0.2) is 59.0 Å². The number of nitrogens with zero attached hydrogens (tertiary/aromatic N) is 2. The molecule has 0 spiro atoms. The summed E-state index contributed by atoms with van der Waals surface area (Å²) in [6, 6.07) is 14.0. The van der Waals surface area contributed by atoms with Crippen molar-refractivity contribution in [3.05, 3.63) is 92.7 Å². The highest BCUT2D eigenvalue weighted by atomic mass is 16.3. The highest BCUT2D eigenvalue weighted by Crippen LogP contribution is 2.39. The zero-order valence-corrected chi connectivity index (χ0v) is 25.4. The van der Waals surface area contributed by atoms with Crippen molar-refractivity contribution in [1.29, 1.82) is 0 Å². The summed E-state index contributed by atoms with van der Waals surface area (Å²) in [5, 5.41) is 10.2. The first-order valence-corrected chi connectivity index (χ1v) is 15.4. The highest BCUT2D eigenvalue weighted by molar-refractivity contribution is 6.02. The molecular formula is C36H43N3O3. The van der Waals surface area contributed by atoms with E-state index in [1.54, 1.807) is 6.20 Å². The Morgan fingerprint density at radius 2 is 1.86 bits per heavy atom. The molecule has 0 unspecified atom stereocenters. The SMILES string of the molecule is CC1(O)CN(CC[C@@H](CC(=O)C2=Cc3cc4c(nc3C2)CC[C@H](C(C)(C)C)C4)c2ccc(-c3ccc(=O)[nH]c3)cc2)C1. The molecule has 1 fully saturated rings. The molecule has 3 aromatic rings. The molecule has 2 N–H and O–H groups in total. The van der Waals surface area contributed by atoms with Gasteiger partial charge in [0, 0.05) is 49.5 Å². The number of pyridine rings is 2. The normalized spacial score (nSPS) is 20.3. The molecule has 3 aliphatic rings. The van der Waals surface area contributed by atoms with E-state index in [1.807, 2.05) is 13.0 Å². The maximum Gasteiger partial charge on any atom is 0.247 e. The fourth-order valence-electron chi connectivity index (χ4n) is 7.02. The van der Waals surface area contributed by atoms with Gasteiger partial charge >= 0.3 is 0 Å². The zero-order chi connectivity index (χ0) is 29.6. The third-order valence-corrected chi connectivity index (χ3v) is 9.62. The second kappa shape index (κ2) is 11.1. The number of ketones is 1. The summed E-state index contributed by atoms with van der Waals surface area (Å²) < 4.78 is 0. The van der Waals surface area contributed by atoms with Crippen molar-refractivity contribution in [1.82, 2.24) is 14.9 Å². The average molecular weight is 566 g/mol. The quantitative estimate of drug-likeness (QED) is 0.365. The van der Waals surface area contributed by atoms with Crippen molar-refractivity contribution in [3.63, 3.8) is 0 Å². The molecule has 42 heavy (non-hydrogen) atoms. The van der Waals surface area contributed by atoms with Gasteiger partial charge in [0.2, 0.25) is 5.56 Å². The van der Waals surface area contributed by atoms with Crippen molar-refractivity contribution >= 4 is 11.9 Å². The molecule has 220 valence electrons. The minimum Gasteiger partial charge on any atom is -0.388 e. The van der Waals surface area contributed by atoms with Gasteiger partial charge < -0.3 is 10.1 Å². The number of allylic oxidation sites excluding steroid dienone is 1. The number of aryl methyl sites for hydroxylation is 1. The number of nitrogens with one attached hydrogen (secondary N) is 1. The Kier molecular flexibility index (Phi) is 7.57. The lowest BCUT2D eigenvalue weighted by atomic mass is 9.71. The first-order valence-electron chi connectivity index (χ1n) is 15.4. The number of aromatic amines is 1. The summed E-state index contributed by atoms with van der Waals surface area (Å²) in [5.41, 5.74) is 8.30. The Morgan fingerprint density at radius 1 is 1.12 bits per heavy atom. The Balaban J connectivity index is 1.18. The number of carbonyl (C=O) groups is 1. The lowest BCUT2D eigenvalue weighted by Crippen LogP contribution is -2.59. The average Bonchev–Trinajstić information content (AvgIpc) is 3.35. The Morgan fingerprint density at radius 3 is 2.52 bits per heavy atom. The molecule has 2 aliphatic carbocycles. The van der Waals surface area contributed by atoms with Crippen LogP contribution in [0.1, 0.15) is 81.0 Å².